The molecule has 0 unspecified atom stereocenters. The molecule has 65 heavy (non-hydrogen) atoms. The normalized spacial score (nSPS) is 13.6. The maximum absolute atomic E-state index is 6.27. The van der Waals surface area contributed by atoms with Crippen molar-refractivity contribution in [3.8, 4) is 0 Å². The molecule has 14 nitrogen and oxygen atoms in total. The summed E-state index contributed by atoms with van der Waals surface area (Å²) in [6, 6.07) is 27.6. The van der Waals surface area contributed by atoms with E-state index in [0.717, 1.165) is 81.2 Å². The summed E-state index contributed by atoms with van der Waals surface area (Å²) in [4.78, 5) is 43.0. The van der Waals surface area contributed by atoms with Gasteiger partial charge in [-0.25, -0.2) is 29.9 Å². The monoisotopic (exact) mass is 1050 g/mol. The van der Waals surface area contributed by atoms with Crippen molar-refractivity contribution >= 4 is 151 Å². The Labute approximate surface area is 419 Å². The highest BCUT2D eigenvalue weighted by Gasteiger charge is 2.24. The molecule has 2 aliphatic rings. The van der Waals surface area contributed by atoms with E-state index in [9.17, 15) is 0 Å². The van der Waals surface area contributed by atoms with Crippen molar-refractivity contribution < 1.29 is 0 Å². The van der Waals surface area contributed by atoms with E-state index in [-0.39, 0.29) is 26.0 Å². The molecule has 9 rings (SSSR count). The van der Waals surface area contributed by atoms with Crippen LogP contribution in [0.25, 0.3) is 0 Å². The quantitative estimate of drug-likeness (QED) is 0.110. The first-order valence-electron chi connectivity index (χ1n) is 19.6. The van der Waals surface area contributed by atoms with Crippen LogP contribution >= 0.6 is 104 Å². The molecule has 336 valence electrons. The van der Waals surface area contributed by atoms with Crippen molar-refractivity contribution in [1.82, 2.24) is 39.9 Å². The fourth-order valence-corrected chi connectivity index (χ4v) is 8.13. The summed E-state index contributed by atoms with van der Waals surface area (Å²) in [7, 11) is 0. The number of benzene rings is 2. The molecular formula is C42H35Cl9N14. The number of nitrogens with one attached hydrogen (secondary N) is 2. The van der Waals surface area contributed by atoms with Crippen molar-refractivity contribution in [1.29, 1.82) is 0 Å². The van der Waals surface area contributed by atoms with E-state index in [0.29, 0.717) is 37.7 Å². The fraction of sp³-hybridized carbons (Fsp3) is 0.190. The second-order valence-corrected chi connectivity index (χ2v) is 17.3. The van der Waals surface area contributed by atoms with Crippen LogP contribution in [0.3, 0.4) is 0 Å². The van der Waals surface area contributed by atoms with E-state index in [1.54, 1.807) is 30.3 Å². The minimum Gasteiger partial charge on any atom is -0.353 e. The lowest BCUT2D eigenvalue weighted by Gasteiger charge is -2.37. The molecule has 0 atom stereocenters. The first-order valence-corrected chi connectivity index (χ1v) is 23.0. The van der Waals surface area contributed by atoms with Crippen molar-refractivity contribution in [2.45, 2.75) is 0 Å². The molecule has 0 saturated carbocycles. The Bertz CT molecular complexity index is 2530. The number of piperazine rings is 2. The van der Waals surface area contributed by atoms with Gasteiger partial charge in [-0.05, 0) is 83.9 Å². The van der Waals surface area contributed by atoms with Gasteiger partial charge in [0.2, 0.25) is 16.5 Å². The predicted octanol–water partition coefficient (Wildman–Crippen LogP) is 12.2. The van der Waals surface area contributed by atoms with Crippen LogP contribution < -0.4 is 30.2 Å². The number of rotatable bonds is 8. The van der Waals surface area contributed by atoms with Gasteiger partial charge in [-0.3, -0.25) is 0 Å². The molecule has 7 aromatic rings. The zero-order valence-corrected chi connectivity index (χ0v) is 40.5. The Kier molecular flexibility index (Phi) is 17.3. The third-order valence-electron chi connectivity index (χ3n) is 9.50. The molecule has 0 bridgehead atoms. The number of hydrogen-bond acceptors (Lipinski definition) is 14. The van der Waals surface area contributed by atoms with Gasteiger partial charge >= 0.3 is 0 Å². The number of anilines is 8. The topological polar surface area (TPSA) is 140 Å². The zero-order chi connectivity index (χ0) is 45.9. The lowest BCUT2D eigenvalue weighted by atomic mass is 10.3. The summed E-state index contributed by atoms with van der Waals surface area (Å²) in [5.41, 5.74) is 1.55. The lowest BCUT2D eigenvalue weighted by molar-refractivity contribution is 0.626. The van der Waals surface area contributed by atoms with Crippen molar-refractivity contribution in [2.75, 3.05) is 82.6 Å². The molecule has 2 aliphatic heterocycles. The summed E-state index contributed by atoms with van der Waals surface area (Å²) in [5, 5.41) is 9.23. The van der Waals surface area contributed by atoms with Crippen LogP contribution in [0.4, 0.5) is 46.4 Å². The molecule has 0 radical (unpaired) electrons. The van der Waals surface area contributed by atoms with Gasteiger partial charge in [-0.2, -0.15) is 9.97 Å². The number of pyridine rings is 2. The number of halogens is 9. The predicted molar refractivity (Wildman–Crippen MR) is 268 cm³/mol. The highest BCUT2D eigenvalue weighted by Crippen LogP contribution is 2.31. The van der Waals surface area contributed by atoms with E-state index < -0.39 is 0 Å². The standard InChI is InChI=1S/C28H29Cl2N9.C10H5Cl4N3.C4HCl3N2/c29-22-8-7-21(19-23(22)30)33-24-20-27(38-13-11-36(12-14-38)25-5-1-3-9-31-25)35-28(34-24)39-17-15-37(16-18-39)26-6-2-4-10-32-26;11-6-2-1-5(3-7(6)12)15-9-4-8(13)16-10(14)17-9;5-2-1-3(6)9-4(7)8-2/h1-10,19-20H,11-18H2,(H,33,34,35);1-4H,(H,15,16,17);1H. The average Bonchev–Trinajstić information content (AvgIpc) is 3.29. The summed E-state index contributed by atoms with van der Waals surface area (Å²) >= 11 is 51.7. The molecule has 0 spiro atoms. The highest BCUT2D eigenvalue weighted by atomic mass is 35.5. The minimum atomic E-state index is 0.0625. The third-order valence-corrected chi connectivity index (χ3v) is 11.9. The smallest absolute Gasteiger partial charge is 0.229 e. The Morgan fingerprint density at radius 1 is 0.369 bits per heavy atom. The second-order valence-electron chi connectivity index (χ2n) is 13.9. The van der Waals surface area contributed by atoms with Crippen LogP contribution in [0.2, 0.25) is 46.1 Å². The highest BCUT2D eigenvalue weighted by molar-refractivity contribution is 6.42. The van der Waals surface area contributed by atoms with Gasteiger partial charge in [-0.15, -0.1) is 0 Å². The van der Waals surface area contributed by atoms with Crippen molar-refractivity contribution in [2.24, 2.45) is 0 Å². The van der Waals surface area contributed by atoms with E-state index >= 15 is 0 Å². The number of hydrogen-bond donors (Lipinski definition) is 2. The molecule has 7 heterocycles. The van der Waals surface area contributed by atoms with E-state index in [1.807, 2.05) is 54.9 Å². The first kappa shape index (κ1) is 48.3. The molecule has 5 aromatic heterocycles. The SMILES string of the molecule is Clc1cc(Cl)nc(Cl)n1.Clc1cc(Nc2ccc(Cl)c(Cl)c2)nc(Cl)n1.Clc1ccc(Nc2cc(N3CCN(c4ccccn4)CC3)nc(N3CCN(c4ccccn4)CC3)n2)cc1Cl. The Morgan fingerprint density at radius 2 is 0.800 bits per heavy atom. The van der Waals surface area contributed by atoms with Gasteiger partial charge in [-0.1, -0.05) is 93.3 Å². The summed E-state index contributed by atoms with van der Waals surface area (Å²) < 4.78 is 0. The van der Waals surface area contributed by atoms with Gasteiger partial charge in [0.05, 0.1) is 20.1 Å². The Hall–Kier alpha value is -4.61. The van der Waals surface area contributed by atoms with Crippen LogP contribution in [0.1, 0.15) is 0 Å². The molecule has 2 N–H and O–H groups in total. The van der Waals surface area contributed by atoms with E-state index in [2.05, 4.69) is 72.3 Å². The lowest BCUT2D eigenvalue weighted by Crippen LogP contribution is -2.48. The van der Waals surface area contributed by atoms with Gasteiger partial charge in [0, 0.05) is 94.3 Å². The summed E-state index contributed by atoms with van der Waals surface area (Å²) in [5.74, 6) is 4.81. The van der Waals surface area contributed by atoms with Crippen LogP contribution in [-0.2, 0) is 0 Å². The summed E-state index contributed by atoms with van der Waals surface area (Å²) in [6.45, 7) is 6.73. The molecule has 2 aromatic carbocycles. The second kappa shape index (κ2) is 23.2. The molecule has 0 aliphatic carbocycles. The van der Waals surface area contributed by atoms with Crippen LogP contribution in [-0.4, -0.2) is 92.2 Å². The maximum atomic E-state index is 6.27. The Balaban J connectivity index is 0.000000198. The number of aromatic nitrogens is 8. The molecule has 2 fully saturated rings. The number of nitrogens with zero attached hydrogens (tertiary/aromatic N) is 12. The van der Waals surface area contributed by atoms with Gasteiger partial charge in [0.15, 0.2) is 0 Å². The van der Waals surface area contributed by atoms with E-state index in [1.165, 1.54) is 6.07 Å². The maximum Gasteiger partial charge on any atom is 0.229 e. The fourth-order valence-electron chi connectivity index (χ4n) is 6.43. The molecule has 2 saturated heterocycles. The van der Waals surface area contributed by atoms with Gasteiger partial charge in [0.25, 0.3) is 0 Å². The van der Waals surface area contributed by atoms with Crippen LogP contribution in [0.15, 0.2) is 103 Å². The molecule has 23 heteroatoms. The largest absolute Gasteiger partial charge is 0.353 e. The zero-order valence-electron chi connectivity index (χ0n) is 33.7. The Morgan fingerprint density at radius 3 is 1.23 bits per heavy atom. The van der Waals surface area contributed by atoms with Crippen molar-refractivity contribution in [3.63, 3.8) is 0 Å². The van der Waals surface area contributed by atoms with Gasteiger partial charge < -0.3 is 30.2 Å². The van der Waals surface area contributed by atoms with Crippen molar-refractivity contribution in [3.05, 3.63) is 150 Å². The average molecular weight is 1050 g/mol. The minimum absolute atomic E-state index is 0.0625. The third kappa shape index (κ3) is 14.2. The van der Waals surface area contributed by atoms with Crippen LogP contribution in [0, 0.1) is 0 Å². The molecule has 0 amide bonds. The molecular weight excluding hydrogens is 1020 g/mol. The van der Waals surface area contributed by atoms with Gasteiger partial charge in [0.1, 0.15) is 44.5 Å². The van der Waals surface area contributed by atoms with Crippen LogP contribution in [0.5, 0.6) is 0 Å². The summed E-state index contributed by atoms with van der Waals surface area (Å²) in [6.07, 6.45) is 3.68. The first-order chi connectivity index (χ1) is 31.3. The van der Waals surface area contributed by atoms with E-state index in [4.69, 9.17) is 114 Å².